The summed E-state index contributed by atoms with van der Waals surface area (Å²) < 4.78 is 36.7. The molecule has 31 heavy (non-hydrogen) atoms. The highest BCUT2D eigenvalue weighted by atomic mass is 32.2. The molecule has 0 saturated carbocycles. The number of hydrogen-bond donors (Lipinski definition) is 1. The van der Waals surface area contributed by atoms with Crippen LogP contribution in [0.1, 0.15) is 6.92 Å². The summed E-state index contributed by atoms with van der Waals surface area (Å²) in [5.41, 5.74) is 0.371. The van der Waals surface area contributed by atoms with E-state index in [-0.39, 0.29) is 19.7 Å². The summed E-state index contributed by atoms with van der Waals surface area (Å²) in [5, 5.41) is 4.89. The fourth-order valence-corrected chi connectivity index (χ4v) is 3.95. The quantitative estimate of drug-likeness (QED) is 0.488. The summed E-state index contributed by atoms with van der Waals surface area (Å²) in [5.74, 6) is 0.825. The van der Waals surface area contributed by atoms with E-state index in [4.69, 9.17) is 9.47 Å². The van der Waals surface area contributed by atoms with E-state index in [9.17, 15) is 13.2 Å². The van der Waals surface area contributed by atoms with Gasteiger partial charge in [-0.2, -0.15) is 0 Å². The van der Waals surface area contributed by atoms with Crippen LogP contribution in [0.5, 0.6) is 11.5 Å². The van der Waals surface area contributed by atoms with Gasteiger partial charge >= 0.3 is 0 Å². The molecular formula is C23H26N2O5S. The Labute approximate surface area is 182 Å². The van der Waals surface area contributed by atoms with Crippen LogP contribution < -0.4 is 19.1 Å². The molecule has 1 amide bonds. The normalized spacial score (nSPS) is 11.2. The van der Waals surface area contributed by atoms with Crippen molar-refractivity contribution in [1.29, 1.82) is 0 Å². The summed E-state index contributed by atoms with van der Waals surface area (Å²) in [6.45, 7) is 2.49. The van der Waals surface area contributed by atoms with Gasteiger partial charge in [0, 0.05) is 6.07 Å². The van der Waals surface area contributed by atoms with Gasteiger partial charge in [0.1, 0.15) is 24.7 Å². The number of anilines is 1. The number of rotatable bonds is 10. The standard InChI is InChI=1S/C23H26N2O5S/c1-3-29-21-10-6-9-20(16-21)25(31(2,27)28)17-23(26)24-13-14-30-22-12-11-18-7-4-5-8-19(18)15-22/h4-12,15-16H,3,13-14,17H2,1-2H3,(H,24,26). The lowest BCUT2D eigenvalue weighted by atomic mass is 10.1. The van der Waals surface area contributed by atoms with Crippen LogP contribution in [-0.4, -0.2) is 46.9 Å². The van der Waals surface area contributed by atoms with E-state index in [1.54, 1.807) is 24.3 Å². The highest BCUT2D eigenvalue weighted by Crippen LogP contribution is 2.23. The summed E-state index contributed by atoms with van der Waals surface area (Å²) in [6, 6.07) is 20.4. The molecule has 0 fully saturated rings. The van der Waals surface area contributed by atoms with Crippen molar-refractivity contribution in [2.24, 2.45) is 0 Å². The zero-order chi connectivity index (χ0) is 22.3. The maximum Gasteiger partial charge on any atom is 0.240 e. The molecule has 1 N–H and O–H groups in total. The SMILES string of the molecule is CCOc1cccc(N(CC(=O)NCCOc2ccc3ccccc3c2)S(C)(=O)=O)c1. The Morgan fingerprint density at radius 2 is 1.68 bits per heavy atom. The maximum atomic E-state index is 12.4. The lowest BCUT2D eigenvalue weighted by Crippen LogP contribution is -2.41. The molecule has 7 nitrogen and oxygen atoms in total. The van der Waals surface area contributed by atoms with Crippen molar-refractivity contribution in [3.8, 4) is 11.5 Å². The third-order valence-electron chi connectivity index (χ3n) is 4.52. The number of carbonyl (C=O) groups excluding carboxylic acids is 1. The molecule has 8 heteroatoms. The van der Waals surface area contributed by atoms with Crippen LogP contribution >= 0.6 is 0 Å². The van der Waals surface area contributed by atoms with Crippen LogP contribution in [0.15, 0.2) is 66.7 Å². The Kier molecular flexibility index (Phi) is 7.36. The van der Waals surface area contributed by atoms with E-state index < -0.39 is 15.9 Å². The third kappa shape index (κ3) is 6.36. The van der Waals surface area contributed by atoms with Crippen molar-refractivity contribution in [1.82, 2.24) is 5.32 Å². The second-order valence-corrected chi connectivity index (χ2v) is 8.81. The zero-order valence-electron chi connectivity index (χ0n) is 17.6. The highest BCUT2D eigenvalue weighted by Gasteiger charge is 2.21. The predicted octanol–water partition coefficient (Wildman–Crippen LogP) is 3.20. The number of fused-ring (bicyclic) bond motifs is 1. The van der Waals surface area contributed by atoms with Crippen LogP contribution in [0, 0.1) is 0 Å². The highest BCUT2D eigenvalue weighted by molar-refractivity contribution is 7.92. The summed E-state index contributed by atoms with van der Waals surface area (Å²) in [6.07, 6.45) is 1.07. The van der Waals surface area contributed by atoms with Gasteiger partial charge in [-0.3, -0.25) is 9.10 Å². The Balaban J connectivity index is 1.55. The second-order valence-electron chi connectivity index (χ2n) is 6.91. The van der Waals surface area contributed by atoms with Crippen molar-refractivity contribution >= 4 is 32.4 Å². The van der Waals surface area contributed by atoms with Crippen LogP contribution in [0.2, 0.25) is 0 Å². The Morgan fingerprint density at radius 3 is 2.42 bits per heavy atom. The number of ether oxygens (including phenoxy) is 2. The molecule has 3 aromatic rings. The molecule has 0 unspecified atom stereocenters. The van der Waals surface area contributed by atoms with Gasteiger partial charge in [-0.25, -0.2) is 8.42 Å². The van der Waals surface area contributed by atoms with Gasteiger partial charge in [0.05, 0.1) is 25.1 Å². The number of nitrogens with zero attached hydrogens (tertiary/aromatic N) is 1. The van der Waals surface area contributed by atoms with E-state index in [2.05, 4.69) is 5.32 Å². The minimum absolute atomic E-state index is 0.252. The molecule has 0 aromatic heterocycles. The minimum Gasteiger partial charge on any atom is -0.494 e. The Hall–Kier alpha value is -3.26. The smallest absolute Gasteiger partial charge is 0.240 e. The largest absolute Gasteiger partial charge is 0.494 e. The number of nitrogens with one attached hydrogen (secondary N) is 1. The lowest BCUT2D eigenvalue weighted by Gasteiger charge is -2.22. The van der Waals surface area contributed by atoms with Gasteiger partial charge < -0.3 is 14.8 Å². The van der Waals surface area contributed by atoms with Crippen molar-refractivity contribution < 1.29 is 22.7 Å². The first kappa shape index (κ1) is 22.4. The van der Waals surface area contributed by atoms with E-state index in [0.717, 1.165) is 21.3 Å². The monoisotopic (exact) mass is 442 g/mol. The fraction of sp³-hybridized carbons (Fsp3) is 0.261. The van der Waals surface area contributed by atoms with Gasteiger partial charge in [-0.15, -0.1) is 0 Å². The Morgan fingerprint density at radius 1 is 0.935 bits per heavy atom. The minimum atomic E-state index is -3.65. The average Bonchev–Trinajstić information content (AvgIpc) is 2.74. The molecule has 0 aliphatic carbocycles. The average molecular weight is 443 g/mol. The van der Waals surface area contributed by atoms with Gasteiger partial charge in [0.2, 0.25) is 15.9 Å². The number of carbonyl (C=O) groups is 1. The van der Waals surface area contributed by atoms with Crippen LogP contribution in [0.25, 0.3) is 10.8 Å². The number of amides is 1. The summed E-state index contributed by atoms with van der Waals surface area (Å²) >= 11 is 0. The van der Waals surface area contributed by atoms with Crippen molar-refractivity contribution in [3.63, 3.8) is 0 Å². The Bertz CT molecular complexity index is 1150. The van der Waals surface area contributed by atoms with E-state index in [1.165, 1.54) is 0 Å². The lowest BCUT2D eigenvalue weighted by molar-refractivity contribution is -0.119. The van der Waals surface area contributed by atoms with Gasteiger partial charge in [-0.05, 0) is 42.0 Å². The maximum absolute atomic E-state index is 12.4. The molecular weight excluding hydrogens is 416 g/mol. The van der Waals surface area contributed by atoms with E-state index in [0.29, 0.717) is 23.8 Å². The molecule has 3 rings (SSSR count). The molecule has 0 aliphatic rings. The summed E-state index contributed by atoms with van der Waals surface area (Å²) in [7, 11) is -3.65. The predicted molar refractivity (Wildman–Crippen MR) is 122 cm³/mol. The molecule has 164 valence electrons. The molecule has 0 radical (unpaired) electrons. The van der Waals surface area contributed by atoms with Crippen molar-refractivity contribution in [3.05, 3.63) is 66.7 Å². The number of hydrogen-bond acceptors (Lipinski definition) is 5. The molecule has 0 bridgehead atoms. The summed E-state index contributed by atoms with van der Waals surface area (Å²) in [4.78, 5) is 12.4. The molecule has 0 atom stereocenters. The fourth-order valence-electron chi connectivity index (χ4n) is 3.10. The van der Waals surface area contributed by atoms with Crippen LogP contribution in [0.3, 0.4) is 0 Å². The van der Waals surface area contributed by atoms with E-state index >= 15 is 0 Å². The van der Waals surface area contributed by atoms with Crippen LogP contribution in [0.4, 0.5) is 5.69 Å². The number of sulfonamides is 1. The topological polar surface area (TPSA) is 84.9 Å². The van der Waals surface area contributed by atoms with E-state index in [1.807, 2.05) is 49.4 Å². The first-order valence-electron chi connectivity index (χ1n) is 9.95. The second kappa shape index (κ2) is 10.2. The molecule has 0 aliphatic heterocycles. The zero-order valence-corrected chi connectivity index (χ0v) is 18.4. The first-order chi connectivity index (χ1) is 14.9. The van der Waals surface area contributed by atoms with Gasteiger partial charge in [0.15, 0.2) is 0 Å². The van der Waals surface area contributed by atoms with Crippen molar-refractivity contribution in [2.45, 2.75) is 6.92 Å². The molecule has 0 heterocycles. The van der Waals surface area contributed by atoms with Crippen molar-refractivity contribution in [2.75, 3.05) is 36.9 Å². The molecule has 0 spiro atoms. The molecule has 0 saturated heterocycles. The van der Waals surface area contributed by atoms with Gasteiger partial charge in [-0.1, -0.05) is 36.4 Å². The van der Waals surface area contributed by atoms with Crippen LogP contribution in [-0.2, 0) is 14.8 Å². The molecule has 3 aromatic carbocycles. The number of benzene rings is 3. The van der Waals surface area contributed by atoms with Gasteiger partial charge in [0.25, 0.3) is 0 Å². The third-order valence-corrected chi connectivity index (χ3v) is 5.66. The first-order valence-corrected chi connectivity index (χ1v) is 11.8.